The molecule has 8 N–H and O–H groups in total. The Morgan fingerprint density at radius 2 is 0.779 bits per heavy atom. The molecule has 0 bridgehead atoms. The molecule has 0 fully saturated rings. The van der Waals surface area contributed by atoms with Gasteiger partial charge < -0.3 is 10.6 Å². The van der Waals surface area contributed by atoms with E-state index >= 15 is 0 Å². The highest BCUT2D eigenvalue weighted by molar-refractivity contribution is 7.87. The number of benzene rings is 6. The van der Waals surface area contributed by atoms with E-state index < -0.39 is 72.7 Å². The van der Waals surface area contributed by atoms with Crippen LogP contribution in [-0.2, 0) is 50.6 Å². The number of anilines is 4. The number of aryl methyl sites for hydroxylation is 2. The van der Waals surface area contributed by atoms with E-state index in [-0.39, 0.29) is 72.8 Å². The molecule has 0 aliphatic carbocycles. The standard InChI is InChI=1S/C43H38N14O15S5/c1-25-21-29(7-15-35(25)54-56-37-17-9-31(23-39(37)76(67,68)69)52-50-27-3-11-33(12-4-27)74(61,62)63)45-42-47-41(44-19-20-73(58,59)60)48-43(49-42)46-30-8-16-36(26(2)22-30)55-57-38-18-10-32(24-40(38)77(70,71)72)53-51-28-5-13-34(14-6-28)75(64,65)66/h3-18,21-24H,19-20H2,1-2H3,(H,58,59,60)(H,61,62,63)(H,64,65,66)(H,67,68,69)(H,70,71,72)(H3,44,45,46,47,48,49). The minimum atomic E-state index is -4.87. The Hall–Kier alpha value is -8.32. The summed E-state index contributed by atoms with van der Waals surface area (Å²) in [5, 5.41) is 38.1. The molecule has 34 heteroatoms. The number of rotatable bonds is 19. The van der Waals surface area contributed by atoms with Crippen LogP contribution in [0.2, 0.25) is 0 Å². The zero-order valence-electron chi connectivity index (χ0n) is 39.2. The molecule has 0 amide bonds. The summed E-state index contributed by atoms with van der Waals surface area (Å²) in [4.78, 5) is 13.6. The number of azo groups is 4. The first-order valence-corrected chi connectivity index (χ1v) is 28.7. The minimum absolute atomic E-state index is 0.0250. The summed E-state index contributed by atoms with van der Waals surface area (Å²) >= 11 is 0. The topological polar surface area (TPSA) is 449 Å². The van der Waals surface area contributed by atoms with Gasteiger partial charge in [-0.2, -0.15) is 82.7 Å². The molecule has 0 aliphatic heterocycles. The fourth-order valence-electron chi connectivity index (χ4n) is 6.33. The summed E-state index contributed by atoms with van der Waals surface area (Å²) in [6.07, 6.45) is 0. The van der Waals surface area contributed by atoms with Crippen LogP contribution < -0.4 is 16.3 Å². The predicted molar refractivity (Wildman–Crippen MR) is 274 cm³/mol. The molecule has 7 rings (SSSR count). The van der Waals surface area contributed by atoms with Crippen LogP contribution in [0, 0.1) is 13.8 Å². The predicted octanol–water partition coefficient (Wildman–Crippen LogP) is 9.35. The molecule has 0 saturated heterocycles. The lowest BCUT2D eigenvalue weighted by molar-refractivity contribution is 0.481. The van der Waals surface area contributed by atoms with Gasteiger partial charge >= 0.3 is 0 Å². The normalized spacial score (nSPS) is 12.8. The summed E-state index contributed by atoms with van der Waals surface area (Å²) in [7, 11) is -23.0. The van der Waals surface area contributed by atoms with E-state index in [1.165, 1.54) is 60.7 Å². The lowest BCUT2D eigenvalue weighted by atomic mass is 10.2. The third-order valence-corrected chi connectivity index (χ3v) is 14.2. The average Bonchev–Trinajstić information content (AvgIpc) is 3.34. The largest absolute Gasteiger partial charge is 0.326 e. The summed E-state index contributed by atoms with van der Waals surface area (Å²) < 4.78 is 165. The van der Waals surface area contributed by atoms with Crippen molar-refractivity contribution in [2.24, 2.45) is 45.9 Å². The number of nitrogens with zero attached hydrogens (tertiary/aromatic N) is 11. The molecule has 0 aliphatic rings. The monoisotopic (exact) mass is 1150 g/mol. The van der Waals surface area contributed by atoms with Crippen LogP contribution in [0.3, 0.4) is 0 Å². The van der Waals surface area contributed by atoms with Gasteiger partial charge in [0.25, 0.3) is 56.2 Å². The van der Waals surface area contributed by atoms with E-state index in [9.17, 15) is 55.7 Å². The maximum Gasteiger partial charge on any atom is 0.296 e. The van der Waals surface area contributed by atoms with Gasteiger partial charge in [-0.15, -0.1) is 10.2 Å². The maximum absolute atomic E-state index is 12.3. The van der Waals surface area contributed by atoms with Crippen LogP contribution >= 0.6 is 0 Å². The molecule has 0 unspecified atom stereocenters. The Morgan fingerprint density at radius 1 is 0.429 bits per heavy atom. The number of aromatic amines is 1. The second-order valence-corrected chi connectivity index (χ2v) is 23.0. The summed E-state index contributed by atoms with van der Waals surface area (Å²) in [5.74, 6) is -0.665. The highest BCUT2D eigenvalue weighted by Crippen LogP contribution is 2.35. The van der Waals surface area contributed by atoms with Crippen LogP contribution in [0.25, 0.3) is 0 Å². The SMILES string of the molecule is Cc1cc(Nc2nc(=NCCS(=O)(=O)O)nc(Nc3ccc(N=Nc4ccc(N=Nc5ccc(S(=O)(=O)O)cc5)cc4S(=O)(=O)O)c(C)c3)[nH]2)ccc1N=Nc1ccc(N=Nc2ccc(S(=O)(=O)O)cc2)cc1S(=O)(=O)O. The highest BCUT2D eigenvalue weighted by Gasteiger charge is 2.19. The highest BCUT2D eigenvalue weighted by atomic mass is 32.2. The second-order valence-electron chi connectivity index (χ2n) is 15.8. The number of H-pyrrole nitrogens is 1. The lowest BCUT2D eigenvalue weighted by Gasteiger charge is -2.11. The molecule has 400 valence electrons. The van der Waals surface area contributed by atoms with Crippen molar-refractivity contribution in [2.75, 3.05) is 22.9 Å². The Bertz CT molecular complexity index is 3970. The number of nitrogens with one attached hydrogen (secondary N) is 3. The van der Waals surface area contributed by atoms with Gasteiger partial charge in [0.1, 0.15) is 21.2 Å². The summed E-state index contributed by atoms with van der Waals surface area (Å²) in [5.41, 5.74) is 1.94. The first-order chi connectivity index (χ1) is 36.1. The van der Waals surface area contributed by atoms with Crippen molar-refractivity contribution >= 4 is 119 Å². The van der Waals surface area contributed by atoms with E-state index in [0.717, 1.165) is 36.4 Å². The van der Waals surface area contributed by atoms with Gasteiger partial charge in [0, 0.05) is 11.4 Å². The molecular weight excluding hydrogens is 1110 g/mol. The minimum Gasteiger partial charge on any atom is -0.326 e. The first-order valence-electron chi connectivity index (χ1n) is 21.3. The van der Waals surface area contributed by atoms with E-state index in [1.807, 2.05) is 0 Å². The van der Waals surface area contributed by atoms with Gasteiger partial charge in [0.15, 0.2) is 0 Å². The molecule has 0 spiro atoms. The van der Waals surface area contributed by atoms with Crippen molar-refractivity contribution in [1.82, 2.24) is 15.0 Å². The molecule has 0 atom stereocenters. The Kier molecular flexibility index (Phi) is 16.8. The van der Waals surface area contributed by atoms with Crippen LogP contribution in [0.5, 0.6) is 0 Å². The zero-order chi connectivity index (χ0) is 55.9. The number of hydrogen-bond acceptors (Lipinski definition) is 23. The first kappa shape index (κ1) is 56.4. The van der Waals surface area contributed by atoms with Crippen LogP contribution in [0.15, 0.2) is 187 Å². The Balaban J connectivity index is 1.08. The fourth-order valence-corrected chi connectivity index (χ4v) is 8.90. The molecule has 6 aromatic carbocycles. The molecule has 29 nitrogen and oxygen atoms in total. The lowest BCUT2D eigenvalue weighted by Crippen LogP contribution is -2.20. The van der Waals surface area contributed by atoms with E-state index in [0.29, 0.717) is 22.5 Å². The van der Waals surface area contributed by atoms with Crippen molar-refractivity contribution in [3.8, 4) is 0 Å². The molecule has 0 radical (unpaired) electrons. The van der Waals surface area contributed by atoms with Gasteiger partial charge in [0.05, 0.1) is 56.2 Å². The smallest absolute Gasteiger partial charge is 0.296 e. The number of aromatic nitrogens is 3. The second kappa shape index (κ2) is 22.9. The van der Waals surface area contributed by atoms with Crippen molar-refractivity contribution in [3.05, 3.63) is 138 Å². The molecule has 1 aromatic heterocycles. The van der Waals surface area contributed by atoms with Crippen molar-refractivity contribution < 1.29 is 64.9 Å². The Labute approximate surface area is 437 Å². The zero-order valence-corrected chi connectivity index (χ0v) is 43.3. The van der Waals surface area contributed by atoms with Gasteiger partial charge in [-0.1, -0.05) is 0 Å². The Morgan fingerprint density at radius 3 is 1.13 bits per heavy atom. The quantitative estimate of drug-likeness (QED) is 0.0276. The van der Waals surface area contributed by atoms with Gasteiger partial charge in [-0.05, 0) is 146 Å². The van der Waals surface area contributed by atoms with Gasteiger partial charge in [0.2, 0.25) is 11.9 Å². The molecule has 77 heavy (non-hydrogen) atoms. The average molecular weight is 1150 g/mol. The van der Waals surface area contributed by atoms with Crippen molar-refractivity contribution in [3.63, 3.8) is 0 Å². The number of hydrogen-bond donors (Lipinski definition) is 8. The van der Waals surface area contributed by atoms with Gasteiger partial charge in [-0.25, -0.2) is 4.99 Å². The molecule has 7 aromatic rings. The molecule has 0 saturated carbocycles. The van der Waals surface area contributed by atoms with Crippen LogP contribution in [0.1, 0.15) is 11.1 Å². The van der Waals surface area contributed by atoms with Crippen molar-refractivity contribution in [2.45, 2.75) is 33.4 Å². The molecular formula is C43H38N14O15S5. The molecule has 1 heterocycles. The van der Waals surface area contributed by atoms with Crippen molar-refractivity contribution in [1.29, 1.82) is 0 Å². The maximum atomic E-state index is 12.3. The third-order valence-electron chi connectivity index (χ3n) is 9.99. The van der Waals surface area contributed by atoms with Crippen LogP contribution in [0.4, 0.5) is 68.8 Å². The van der Waals surface area contributed by atoms with Gasteiger partial charge in [-0.3, -0.25) is 27.7 Å². The van der Waals surface area contributed by atoms with E-state index in [1.54, 1.807) is 38.1 Å². The summed E-state index contributed by atoms with van der Waals surface area (Å²) in [6.45, 7) is 2.91. The van der Waals surface area contributed by atoms with Crippen LogP contribution in [-0.4, -0.2) is 92.1 Å². The summed E-state index contributed by atoms with van der Waals surface area (Å²) in [6, 6.07) is 25.9. The fraction of sp³-hybridized carbons (Fsp3) is 0.0930. The third kappa shape index (κ3) is 16.1. The van der Waals surface area contributed by atoms with E-state index in [4.69, 9.17) is 9.11 Å². The van der Waals surface area contributed by atoms with E-state index in [2.05, 4.69) is 71.5 Å².